The fraction of sp³-hybridized carbons (Fsp3) is 0.357. The van der Waals surface area contributed by atoms with Crippen molar-refractivity contribution in [3.63, 3.8) is 0 Å². The van der Waals surface area contributed by atoms with Crippen LogP contribution in [0.2, 0.25) is 0 Å². The molecule has 0 saturated carbocycles. The summed E-state index contributed by atoms with van der Waals surface area (Å²) in [6, 6.07) is 6.48. The number of hydrogen-bond acceptors (Lipinski definition) is 3. The van der Waals surface area contributed by atoms with Gasteiger partial charge in [-0.25, -0.2) is 4.98 Å². The summed E-state index contributed by atoms with van der Waals surface area (Å²) in [6.45, 7) is -0.00878. The zero-order valence-electron chi connectivity index (χ0n) is 11.4. The molecule has 1 atom stereocenters. The van der Waals surface area contributed by atoms with Gasteiger partial charge in [-0.2, -0.15) is 8.78 Å². The summed E-state index contributed by atoms with van der Waals surface area (Å²) >= 11 is 0. The van der Waals surface area contributed by atoms with Gasteiger partial charge in [0, 0.05) is 18.9 Å². The largest absolute Gasteiger partial charge is 0.435 e. The van der Waals surface area contributed by atoms with E-state index in [1.807, 2.05) is 23.8 Å². The van der Waals surface area contributed by atoms with Crippen molar-refractivity contribution < 1.29 is 13.5 Å². The van der Waals surface area contributed by atoms with Gasteiger partial charge >= 0.3 is 6.61 Å². The lowest BCUT2D eigenvalue weighted by atomic mass is 10.1. The van der Waals surface area contributed by atoms with Crippen LogP contribution in [0.25, 0.3) is 0 Å². The second kappa shape index (κ2) is 6.47. The summed E-state index contributed by atoms with van der Waals surface area (Å²) in [4.78, 5) is 4.34. The highest BCUT2D eigenvalue weighted by molar-refractivity contribution is 5.33. The molecule has 2 aromatic rings. The fourth-order valence-corrected chi connectivity index (χ4v) is 2.16. The molecule has 2 rings (SSSR count). The number of aromatic nitrogens is 2. The Labute approximate surface area is 116 Å². The number of rotatable bonds is 6. The zero-order valence-corrected chi connectivity index (χ0v) is 11.4. The molecular formula is C14H17F2N3O. The maximum absolute atomic E-state index is 12.3. The van der Waals surface area contributed by atoms with E-state index in [4.69, 9.17) is 0 Å². The van der Waals surface area contributed by atoms with Gasteiger partial charge in [-0.1, -0.05) is 12.1 Å². The lowest BCUT2D eigenvalue weighted by molar-refractivity contribution is -0.0498. The van der Waals surface area contributed by atoms with Gasteiger partial charge < -0.3 is 14.6 Å². The van der Waals surface area contributed by atoms with E-state index in [2.05, 4.69) is 15.0 Å². The number of ether oxygens (including phenoxy) is 1. The Morgan fingerprint density at radius 1 is 1.40 bits per heavy atom. The Hall–Kier alpha value is -1.95. The number of alkyl halides is 2. The Kier molecular flexibility index (Phi) is 4.68. The maximum atomic E-state index is 12.3. The molecule has 0 spiro atoms. The third-order valence-electron chi connectivity index (χ3n) is 3.05. The summed E-state index contributed by atoms with van der Waals surface area (Å²) in [5.41, 5.74) is 0.826. The summed E-state index contributed by atoms with van der Waals surface area (Å²) in [5.74, 6) is 0.983. The minimum absolute atomic E-state index is 0.146. The summed E-state index contributed by atoms with van der Waals surface area (Å²) in [6.07, 6.45) is 3.61. The highest BCUT2D eigenvalue weighted by atomic mass is 19.3. The second-order valence-corrected chi connectivity index (χ2v) is 4.24. The van der Waals surface area contributed by atoms with Crippen LogP contribution in [0.5, 0.6) is 5.75 Å². The monoisotopic (exact) mass is 281 g/mol. The molecule has 0 saturated heterocycles. The van der Waals surface area contributed by atoms with Crippen LogP contribution in [0, 0.1) is 0 Å². The molecule has 20 heavy (non-hydrogen) atoms. The number of nitrogens with zero attached hydrogens (tertiary/aromatic N) is 2. The standard InChI is InChI=1S/C14H17F2N3O/c1-3-19-8-7-18-13(19)12(17-2)10-5-4-6-11(9-10)20-14(15)16/h4-9,12,14,17H,3H2,1-2H3. The Balaban J connectivity index is 2.32. The minimum Gasteiger partial charge on any atom is -0.435 e. The SMILES string of the molecule is CCn1ccnc1C(NC)c1cccc(OC(F)F)c1. The van der Waals surface area contributed by atoms with Crippen molar-refractivity contribution in [1.82, 2.24) is 14.9 Å². The van der Waals surface area contributed by atoms with E-state index < -0.39 is 6.61 Å². The lowest BCUT2D eigenvalue weighted by Crippen LogP contribution is -2.22. The first-order chi connectivity index (χ1) is 9.65. The van der Waals surface area contributed by atoms with Crippen molar-refractivity contribution in [2.75, 3.05) is 7.05 Å². The Morgan fingerprint density at radius 3 is 2.85 bits per heavy atom. The molecule has 0 bridgehead atoms. The summed E-state index contributed by atoms with van der Waals surface area (Å²) in [5, 5.41) is 3.15. The van der Waals surface area contributed by atoms with E-state index in [1.165, 1.54) is 6.07 Å². The summed E-state index contributed by atoms with van der Waals surface area (Å²) < 4.78 is 31.0. The molecule has 4 nitrogen and oxygen atoms in total. The predicted octanol–water partition coefficient (Wildman–Crippen LogP) is 2.81. The van der Waals surface area contributed by atoms with Gasteiger partial charge in [0.25, 0.3) is 0 Å². The van der Waals surface area contributed by atoms with Crippen LogP contribution in [-0.2, 0) is 6.54 Å². The number of halogens is 2. The first kappa shape index (κ1) is 14.5. The van der Waals surface area contributed by atoms with Gasteiger partial charge in [0.15, 0.2) is 0 Å². The van der Waals surface area contributed by atoms with Crippen LogP contribution in [-0.4, -0.2) is 23.2 Å². The zero-order chi connectivity index (χ0) is 14.5. The fourth-order valence-electron chi connectivity index (χ4n) is 2.16. The van der Waals surface area contributed by atoms with E-state index in [0.29, 0.717) is 0 Å². The third kappa shape index (κ3) is 3.14. The molecule has 108 valence electrons. The van der Waals surface area contributed by atoms with Crippen LogP contribution in [0.1, 0.15) is 24.4 Å². The van der Waals surface area contributed by atoms with Gasteiger partial charge in [-0.05, 0) is 31.7 Å². The van der Waals surface area contributed by atoms with E-state index in [-0.39, 0.29) is 11.8 Å². The second-order valence-electron chi connectivity index (χ2n) is 4.24. The highest BCUT2D eigenvalue weighted by Gasteiger charge is 2.18. The average Bonchev–Trinajstić information content (AvgIpc) is 2.87. The van der Waals surface area contributed by atoms with Crippen molar-refractivity contribution in [3.8, 4) is 5.75 Å². The summed E-state index contributed by atoms with van der Waals surface area (Å²) in [7, 11) is 1.81. The molecular weight excluding hydrogens is 264 g/mol. The van der Waals surface area contributed by atoms with Gasteiger partial charge in [0.1, 0.15) is 11.6 Å². The van der Waals surface area contributed by atoms with Gasteiger partial charge in [-0.15, -0.1) is 0 Å². The molecule has 0 amide bonds. The van der Waals surface area contributed by atoms with Gasteiger partial charge in [0.05, 0.1) is 6.04 Å². The average molecular weight is 281 g/mol. The number of nitrogens with one attached hydrogen (secondary N) is 1. The van der Waals surface area contributed by atoms with Crippen molar-refractivity contribution >= 4 is 0 Å². The first-order valence-corrected chi connectivity index (χ1v) is 6.38. The molecule has 0 fully saturated rings. The first-order valence-electron chi connectivity index (χ1n) is 6.38. The van der Waals surface area contributed by atoms with Crippen LogP contribution in [0.4, 0.5) is 8.78 Å². The molecule has 0 aliphatic carbocycles. The normalized spacial score (nSPS) is 12.7. The van der Waals surface area contributed by atoms with Crippen LogP contribution in [0.3, 0.4) is 0 Å². The third-order valence-corrected chi connectivity index (χ3v) is 3.05. The molecule has 0 radical (unpaired) electrons. The van der Waals surface area contributed by atoms with Gasteiger partial charge in [0.2, 0.25) is 0 Å². The van der Waals surface area contributed by atoms with Crippen molar-refractivity contribution in [3.05, 3.63) is 48.0 Å². The number of imidazole rings is 1. The van der Waals surface area contributed by atoms with E-state index in [1.54, 1.807) is 25.4 Å². The Bertz CT molecular complexity index is 557. The van der Waals surface area contributed by atoms with E-state index in [9.17, 15) is 8.78 Å². The molecule has 6 heteroatoms. The van der Waals surface area contributed by atoms with Crippen molar-refractivity contribution in [1.29, 1.82) is 0 Å². The van der Waals surface area contributed by atoms with Crippen LogP contribution < -0.4 is 10.1 Å². The number of hydrogen-bond donors (Lipinski definition) is 1. The molecule has 1 unspecified atom stereocenters. The maximum Gasteiger partial charge on any atom is 0.387 e. The van der Waals surface area contributed by atoms with E-state index >= 15 is 0 Å². The minimum atomic E-state index is -2.82. The molecule has 1 heterocycles. The number of aryl methyl sites for hydroxylation is 1. The topological polar surface area (TPSA) is 39.1 Å². The smallest absolute Gasteiger partial charge is 0.387 e. The van der Waals surface area contributed by atoms with Gasteiger partial charge in [-0.3, -0.25) is 0 Å². The van der Waals surface area contributed by atoms with Crippen LogP contribution in [0.15, 0.2) is 36.7 Å². The van der Waals surface area contributed by atoms with Crippen molar-refractivity contribution in [2.24, 2.45) is 0 Å². The Morgan fingerprint density at radius 2 is 2.20 bits per heavy atom. The quantitative estimate of drug-likeness (QED) is 0.885. The lowest BCUT2D eigenvalue weighted by Gasteiger charge is -2.18. The van der Waals surface area contributed by atoms with Crippen molar-refractivity contribution in [2.45, 2.75) is 26.1 Å². The number of benzene rings is 1. The molecule has 0 aliphatic rings. The van der Waals surface area contributed by atoms with E-state index in [0.717, 1.165) is 17.9 Å². The molecule has 1 N–H and O–H groups in total. The molecule has 1 aromatic heterocycles. The molecule has 0 aliphatic heterocycles. The molecule has 1 aromatic carbocycles. The highest BCUT2D eigenvalue weighted by Crippen LogP contribution is 2.25. The van der Waals surface area contributed by atoms with Crippen LogP contribution >= 0.6 is 0 Å². The predicted molar refractivity (Wildman–Crippen MR) is 71.9 cm³/mol.